The number of para-hydroxylation sites is 1. The van der Waals surface area contributed by atoms with Crippen molar-refractivity contribution in [2.24, 2.45) is 0 Å². The SMILES string of the molecule is Cc1cccc(N(c2cccc(C)c2)c2cc3c4ccccc4c(N4c5ccccc5C(C)(C)c5cc6c(cc54)[se]c4ccccc46)cc3c3ccccc23)c1. The van der Waals surface area contributed by atoms with Crippen LogP contribution < -0.4 is 9.80 Å². The molecular weight excluding hydrogens is 744 g/mol. The fourth-order valence-corrected chi connectivity index (χ4v) is 11.8. The van der Waals surface area contributed by atoms with E-state index in [-0.39, 0.29) is 19.9 Å². The van der Waals surface area contributed by atoms with Gasteiger partial charge >= 0.3 is 262 Å². The number of anilines is 6. The molecule has 0 fully saturated rings. The fourth-order valence-electron chi connectivity index (χ4n) is 9.42. The second kappa shape index (κ2) is 12.4. The van der Waals surface area contributed by atoms with E-state index in [1.54, 1.807) is 0 Å². The Labute approximate surface area is 333 Å². The van der Waals surface area contributed by atoms with Crippen LogP contribution in [0.5, 0.6) is 0 Å². The maximum absolute atomic E-state index is 2.59. The van der Waals surface area contributed by atoms with E-state index in [1.807, 2.05) is 0 Å². The van der Waals surface area contributed by atoms with Crippen molar-refractivity contribution in [2.45, 2.75) is 33.1 Å². The van der Waals surface area contributed by atoms with Gasteiger partial charge in [0.25, 0.3) is 0 Å². The molecule has 10 aromatic rings. The third-order valence-corrected chi connectivity index (χ3v) is 14.4. The summed E-state index contributed by atoms with van der Waals surface area (Å²) in [7, 11) is 0. The molecule has 0 atom stereocenters. The van der Waals surface area contributed by atoms with Crippen molar-refractivity contribution in [1.82, 2.24) is 0 Å². The molecule has 0 bridgehead atoms. The Hall–Kier alpha value is -6.12. The van der Waals surface area contributed by atoms with Gasteiger partial charge in [-0.2, -0.15) is 0 Å². The number of aryl methyl sites for hydroxylation is 2. The van der Waals surface area contributed by atoms with E-state index in [0.29, 0.717) is 0 Å². The average Bonchev–Trinajstić information content (AvgIpc) is 3.58. The molecule has 1 aliphatic rings. The van der Waals surface area contributed by atoms with E-state index in [4.69, 9.17) is 0 Å². The first-order chi connectivity index (χ1) is 27.3. The first-order valence-electron chi connectivity index (χ1n) is 19.5. The summed E-state index contributed by atoms with van der Waals surface area (Å²) in [5, 5.41) is 10.3. The van der Waals surface area contributed by atoms with Gasteiger partial charge in [0.15, 0.2) is 0 Å². The van der Waals surface area contributed by atoms with Gasteiger partial charge < -0.3 is 0 Å². The summed E-state index contributed by atoms with van der Waals surface area (Å²) in [6, 6.07) is 63.9. The van der Waals surface area contributed by atoms with E-state index in [0.717, 1.165) is 11.4 Å². The number of rotatable bonds is 4. The van der Waals surface area contributed by atoms with Gasteiger partial charge in [-0.25, -0.2) is 0 Å². The molecule has 2 heterocycles. The molecule has 0 N–H and O–H groups in total. The summed E-state index contributed by atoms with van der Waals surface area (Å²) < 4.78 is 2.94. The summed E-state index contributed by atoms with van der Waals surface area (Å²) in [5.41, 5.74) is 12.3. The van der Waals surface area contributed by atoms with Gasteiger partial charge in [0, 0.05) is 0 Å². The normalized spacial score (nSPS) is 13.5. The van der Waals surface area contributed by atoms with Crippen LogP contribution in [0.25, 0.3) is 51.6 Å². The standard InChI is InChI=1S/C53H40N2Se/c1-33-15-13-17-35(27-33)54(36-18-14-16-34(2)28-36)48-30-42-38-20-6-8-22-40(38)49(31-43(42)37-19-5-7-21-39(37)48)55-47-25-11-10-24-45(47)53(3,4)46-29-44-41-23-9-12-26-51(41)56-52(44)32-50(46)55/h5-32H,1-4H3. The van der Waals surface area contributed by atoms with Crippen molar-refractivity contribution in [3.05, 3.63) is 192 Å². The molecule has 0 aliphatic carbocycles. The summed E-state index contributed by atoms with van der Waals surface area (Å²) >= 11 is 0.256. The minimum Gasteiger partial charge on any atom is -0.0351 e. The summed E-state index contributed by atoms with van der Waals surface area (Å²) in [5.74, 6) is 0. The van der Waals surface area contributed by atoms with Gasteiger partial charge in [-0.3, -0.25) is 0 Å². The van der Waals surface area contributed by atoms with Gasteiger partial charge in [-0.15, -0.1) is 0 Å². The Balaban J connectivity index is 1.24. The molecule has 1 aromatic heterocycles. The molecule has 56 heavy (non-hydrogen) atoms. The van der Waals surface area contributed by atoms with Crippen molar-refractivity contribution in [3.8, 4) is 0 Å². The molecule has 2 nitrogen and oxygen atoms in total. The van der Waals surface area contributed by atoms with Crippen molar-refractivity contribution in [3.63, 3.8) is 0 Å². The number of benzene rings is 9. The second-order valence-electron chi connectivity index (χ2n) is 15.9. The zero-order chi connectivity index (χ0) is 37.7. The van der Waals surface area contributed by atoms with Crippen LogP contribution >= 0.6 is 0 Å². The molecular formula is C53H40N2Se. The molecule has 0 spiro atoms. The quantitative estimate of drug-likeness (QED) is 0.130. The van der Waals surface area contributed by atoms with Crippen LogP contribution in [0.1, 0.15) is 36.1 Å². The van der Waals surface area contributed by atoms with Crippen LogP contribution in [-0.4, -0.2) is 14.5 Å². The molecule has 0 saturated carbocycles. The van der Waals surface area contributed by atoms with Gasteiger partial charge in [0.2, 0.25) is 0 Å². The largest absolute Gasteiger partial charge is 0.0351 e. The van der Waals surface area contributed by atoms with Crippen LogP contribution in [0.4, 0.5) is 34.1 Å². The van der Waals surface area contributed by atoms with Crippen LogP contribution in [-0.2, 0) is 5.41 Å². The smallest absolute Gasteiger partial charge is 0.0351 e. The summed E-state index contributed by atoms with van der Waals surface area (Å²) in [4.78, 5) is 5.04. The van der Waals surface area contributed by atoms with Crippen LogP contribution in [0.2, 0.25) is 0 Å². The minimum atomic E-state index is -0.175. The molecule has 268 valence electrons. The number of hydrogen-bond acceptors (Lipinski definition) is 2. The van der Waals surface area contributed by atoms with E-state index in [2.05, 4.69) is 207 Å². The summed E-state index contributed by atoms with van der Waals surface area (Å²) in [6.45, 7) is 9.17. The first kappa shape index (κ1) is 33.2. The van der Waals surface area contributed by atoms with Gasteiger partial charge in [0.05, 0.1) is 0 Å². The van der Waals surface area contributed by atoms with E-state index < -0.39 is 0 Å². The molecule has 0 radical (unpaired) electrons. The molecule has 0 unspecified atom stereocenters. The van der Waals surface area contributed by atoms with Gasteiger partial charge in [0.1, 0.15) is 0 Å². The molecule has 1 aliphatic heterocycles. The predicted molar refractivity (Wildman–Crippen MR) is 242 cm³/mol. The number of hydrogen-bond donors (Lipinski definition) is 0. The Morgan fingerprint density at radius 2 is 1.00 bits per heavy atom. The van der Waals surface area contributed by atoms with Crippen molar-refractivity contribution >= 4 is 100 Å². The number of nitrogens with zero attached hydrogens (tertiary/aromatic N) is 2. The maximum atomic E-state index is 2.59. The Bertz CT molecular complexity index is 3180. The fraction of sp³-hybridized carbons (Fsp3) is 0.0943. The maximum Gasteiger partial charge on any atom is -0.0351 e. The second-order valence-corrected chi connectivity index (χ2v) is 18.2. The van der Waals surface area contributed by atoms with Crippen molar-refractivity contribution in [1.29, 1.82) is 0 Å². The van der Waals surface area contributed by atoms with Crippen LogP contribution in [0.15, 0.2) is 170 Å². The molecule has 3 heteroatoms. The molecule has 0 amide bonds. The molecule has 9 aromatic carbocycles. The number of fused-ring (bicyclic) bond motifs is 10. The van der Waals surface area contributed by atoms with Crippen molar-refractivity contribution in [2.75, 3.05) is 9.80 Å². The molecule has 0 saturated heterocycles. The van der Waals surface area contributed by atoms with E-state index in [1.165, 1.54) is 96.6 Å². The van der Waals surface area contributed by atoms with Gasteiger partial charge in [-0.1, -0.05) is 24.3 Å². The average molecular weight is 784 g/mol. The van der Waals surface area contributed by atoms with E-state index in [9.17, 15) is 0 Å². The van der Waals surface area contributed by atoms with Crippen molar-refractivity contribution < 1.29 is 0 Å². The van der Waals surface area contributed by atoms with Crippen LogP contribution in [0.3, 0.4) is 0 Å². The zero-order valence-electron chi connectivity index (χ0n) is 32.0. The first-order valence-corrected chi connectivity index (χ1v) is 21.2. The summed E-state index contributed by atoms with van der Waals surface area (Å²) in [6.07, 6.45) is 0. The zero-order valence-corrected chi connectivity index (χ0v) is 33.7. The third-order valence-electron chi connectivity index (χ3n) is 12.1. The Kier molecular flexibility index (Phi) is 7.39. The Morgan fingerprint density at radius 3 is 1.71 bits per heavy atom. The monoisotopic (exact) mass is 784 g/mol. The van der Waals surface area contributed by atoms with Crippen LogP contribution in [0, 0.1) is 13.8 Å². The third kappa shape index (κ3) is 4.94. The molecule has 11 rings (SSSR count). The topological polar surface area (TPSA) is 6.48 Å². The predicted octanol–water partition coefficient (Wildman–Crippen LogP) is 14.7. The Morgan fingerprint density at radius 1 is 0.411 bits per heavy atom. The van der Waals surface area contributed by atoms with Gasteiger partial charge in [-0.05, 0) is 49.2 Å². The minimum absolute atomic E-state index is 0.175. The van der Waals surface area contributed by atoms with E-state index >= 15 is 0 Å².